The topological polar surface area (TPSA) is 89.4 Å². The van der Waals surface area contributed by atoms with Gasteiger partial charge in [0.1, 0.15) is 18.1 Å². The molecule has 30 heavy (non-hydrogen) atoms. The number of amides is 2. The quantitative estimate of drug-likeness (QED) is 0.680. The summed E-state index contributed by atoms with van der Waals surface area (Å²) in [6, 6.07) is 9.21. The highest BCUT2D eigenvalue weighted by Crippen LogP contribution is 2.35. The zero-order valence-electron chi connectivity index (χ0n) is 16.2. The maximum atomic E-state index is 12.2. The van der Waals surface area contributed by atoms with Gasteiger partial charge in [-0.1, -0.05) is 6.58 Å². The minimum atomic E-state index is -0.177. The van der Waals surface area contributed by atoms with E-state index in [2.05, 4.69) is 16.9 Å². The highest BCUT2D eigenvalue weighted by atomic mass is 16.5. The smallest absolute Gasteiger partial charge is 0.267 e. The number of carbonyl (C=O) groups is 2. The van der Waals surface area contributed by atoms with Crippen molar-refractivity contribution in [2.45, 2.75) is 6.54 Å². The summed E-state index contributed by atoms with van der Waals surface area (Å²) in [5.74, 6) is 0.912. The van der Waals surface area contributed by atoms with Gasteiger partial charge in [0.25, 0.3) is 11.8 Å². The van der Waals surface area contributed by atoms with Gasteiger partial charge < -0.3 is 19.5 Å². The van der Waals surface area contributed by atoms with E-state index in [1.54, 1.807) is 11.1 Å². The summed E-state index contributed by atoms with van der Waals surface area (Å²) in [7, 11) is 0. The second-order valence-corrected chi connectivity index (χ2v) is 7.05. The Bertz CT molecular complexity index is 1180. The predicted octanol–water partition coefficient (Wildman–Crippen LogP) is 2.27. The van der Waals surface area contributed by atoms with Crippen molar-refractivity contribution in [2.24, 2.45) is 0 Å². The monoisotopic (exact) mass is 401 g/mol. The number of nitrogens with one attached hydrogen (secondary N) is 1. The standard InChI is InChI=1S/C22H19N5O3/c1-2-20(28)27-9-10-30-19-4-3-14(11-17(19)27)21-23-6-5-16(25-21)15-12-18-22(29)24-7-8-26(18)13-15/h2-6,11-13H,1,7-10H2,(H,24,29). The van der Waals surface area contributed by atoms with Crippen molar-refractivity contribution in [1.82, 2.24) is 19.9 Å². The first-order valence-corrected chi connectivity index (χ1v) is 9.67. The van der Waals surface area contributed by atoms with Crippen LogP contribution < -0.4 is 15.0 Å². The van der Waals surface area contributed by atoms with E-state index in [0.717, 1.165) is 23.4 Å². The molecule has 8 heteroatoms. The third-order valence-electron chi connectivity index (χ3n) is 5.24. The first-order valence-electron chi connectivity index (χ1n) is 9.67. The molecule has 2 aromatic heterocycles. The number of hydrogen-bond acceptors (Lipinski definition) is 5. The fourth-order valence-electron chi connectivity index (χ4n) is 3.76. The fraction of sp³-hybridized carbons (Fsp3) is 0.182. The summed E-state index contributed by atoms with van der Waals surface area (Å²) in [5.41, 5.74) is 3.65. The van der Waals surface area contributed by atoms with Gasteiger partial charge in [-0.2, -0.15) is 0 Å². The van der Waals surface area contributed by atoms with Gasteiger partial charge in [0.2, 0.25) is 0 Å². The number of rotatable bonds is 3. The molecule has 4 heterocycles. The summed E-state index contributed by atoms with van der Waals surface area (Å²) in [6.45, 7) is 5.82. The third-order valence-corrected chi connectivity index (χ3v) is 5.24. The summed E-state index contributed by atoms with van der Waals surface area (Å²) in [6.07, 6.45) is 4.92. The predicted molar refractivity (Wildman–Crippen MR) is 111 cm³/mol. The Hall–Kier alpha value is -3.94. The van der Waals surface area contributed by atoms with Crippen LogP contribution in [0.4, 0.5) is 5.69 Å². The Kier molecular flexibility index (Phi) is 4.31. The molecule has 0 unspecified atom stereocenters. The fourth-order valence-corrected chi connectivity index (χ4v) is 3.76. The number of aromatic nitrogens is 3. The molecular formula is C22H19N5O3. The molecule has 2 aliphatic rings. The van der Waals surface area contributed by atoms with Crippen LogP contribution in [-0.2, 0) is 11.3 Å². The van der Waals surface area contributed by atoms with E-state index in [1.165, 1.54) is 6.08 Å². The molecule has 1 aromatic carbocycles. The summed E-state index contributed by atoms with van der Waals surface area (Å²) in [5, 5.41) is 2.84. The van der Waals surface area contributed by atoms with Crippen molar-refractivity contribution < 1.29 is 14.3 Å². The van der Waals surface area contributed by atoms with Crippen LogP contribution in [0, 0.1) is 0 Å². The maximum absolute atomic E-state index is 12.2. The van der Waals surface area contributed by atoms with E-state index >= 15 is 0 Å². The molecule has 0 aliphatic carbocycles. The number of benzene rings is 1. The Morgan fingerprint density at radius 2 is 2.10 bits per heavy atom. The average Bonchev–Trinajstić information content (AvgIpc) is 3.24. The van der Waals surface area contributed by atoms with Crippen LogP contribution in [0.3, 0.4) is 0 Å². The molecule has 3 aromatic rings. The van der Waals surface area contributed by atoms with E-state index in [4.69, 9.17) is 9.72 Å². The van der Waals surface area contributed by atoms with Crippen LogP contribution in [0.2, 0.25) is 0 Å². The van der Waals surface area contributed by atoms with E-state index in [9.17, 15) is 9.59 Å². The van der Waals surface area contributed by atoms with E-state index in [-0.39, 0.29) is 11.8 Å². The molecule has 0 radical (unpaired) electrons. The number of nitrogens with zero attached hydrogens (tertiary/aromatic N) is 4. The minimum absolute atomic E-state index is 0.0801. The lowest BCUT2D eigenvalue weighted by molar-refractivity contribution is -0.114. The Morgan fingerprint density at radius 1 is 1.20 bits per heavy atom. The van der Waals surface area contributed by atoms with Gasteiger partial charge >= 0.3 is 0 Å². The van der Waals surface area contributed by atoms with Gasteiger partial charge in [0.05, 0.1) is 17.9 Å². The summed E-state index contributed by atoms with van der Waals surface area (Å²) in [4.78, 5) is 35.0. The molecule has 1 N–H and O–H groups in total. The minimum Gasteiger partial charge on any atom is -0.490 e. The number of carbonyl (C=O) groups excluding carboxylic acids is 2. The average molecular weight is 401 g/mol. The zero-order valence-corrected chi connectivity index (χ0v) is 16.2. The summed E-state index contributed by atoms with van der Waals surface area (Å²) < 4.78 is 7.61. The third kappa shape index (κ3) is 3.02. The van der Waals surface area contributed by atoms with Gasteiger partial charge in [-0.05, 0) is 36.4 Å². The molecule has 2 amide bonds. The molecule has 0 saturated carbocycles. The summed E-state index contributed by atoms with van der Waals surface area (Å²) >= 11 is 0. The molecule has 0 spiro atoms. The Balaban J connectivity index is 1.53. The highest BCUT2D eigenvalue weighted by Gasteiger charge is 2.23. The molecule has 0 atom stereocenters. The first-order chi connectivity index (χ1) is 14.6. The van der Waals surface area contributed by atoms with Crippen molar-refractivity contribution in [3.63, 3.8) is 0 Å². The number of hydrogen-bond donors (Lipinski definition) is 1. The van der Waals surface area contributed by atoms with Gasteiger partial charge in [-0.25, -0.2) is 9.97 Å². The van der Waals surface area contributed by atoms with Crippen molar-refractivity contribution >= 4 is 17.5 Å². The number of ether oxygens (including phenoxy) is 1. The molecule has 0 bridgehead atoms. The highest BCUT2D eigenvalue weighted by molar-refractivity contribution is 6.02. The van der Waals surface area contributed by atoms with Crippen LogP contribution in [0.5, 0.6) is 5.75 Å². The molecular weight excluding hydrogens is 382 g/mol. The van der Waals surface area contributed by atoms with Crippen LogP contribution in [0.15, 0.2) is 55.4 Å². The lowest BCUT2D eigenvalue weighted by Gasteiger charge is -2.29. The van der Waals surface area contributed by atoms with Gasteiger partial charge in [-0.3, -0.25) is 9.59 Å². The van der Waals surface area contributed by atoms with Gasteiger partial charge in [0.15, 0.2) is 5.82 Å². The molecule has 8 nitrogen and oxygen atoms in total. The van der Waals surface area contributed by atoms with Crippen LogP contribution in [0.25, 0.3) is 22.6 Å². The maximum Gasteiger partial charge on any atom is 0.267 e. The van der Waals surface area contributed by atoms with E-state index in [0.29, 0.717) is 42.7 Å². The molecule has 150 valence electrons. The Labute approximate surface area is 172 Å². The van der Waals surface area contributed by atoms with E-state index in [1.807, 2.05) is 41.1 Å². The van der Waals surface area contributed by atoms with Crippen molar-refractivity contribution in [3.05, 3.63) is 61.1 Å². The second-order valence-electron chi connectivity index (χ2n) is 7.05. The SMILES string of the molecule is C=CC(=O)N1CCOc2ccc(-c3nccc(-c4cc5n(c4)CCNC5=O)n3)cc21. The Morgan fingerprint density at radius 3 is 2.93 bits per heavy atom. The number of anilines is 1. The van der Waals surface area contributed by atoms with Crippen LogP contribution >= 0.6 is 0 Å². The van der Waals surface area contributed by atoms with Crippen LogP contribution in [-0.4, -0.2) is 46.0 Å². The zero-order chi connectivity index (χ0) is 20.7. The largest absolute Gasteiger partial charge is 0.490 e. The van der Waals surface area contributed by atoms with Gasteiger partial charge in [0, 0.05) is 36.6 Å². The van der Waals surface area contributed by atoms with Crippen LogP contribution in [0.1, 0.15) is 10.5 Å². The lowest BCUT2D eigenvalue weighted by atomic mass is 10.1. The lowest BCUT2D eigenvalue weighted by Crippen LogP contribution is -2.36. The molecule has 5 rings (SSSR count). The molecule has 2 aliphatic heterocycles. The van der Waals surface area contributed by atoms with E-state index < -0.39 is 0 Å². The van der Waals surface area contributed by atoms with Gasteiger partial charge in [-0.15, -0.1) is 0 Å². The molecule has 0 fully saturated rings. The van der Waals surface area contributed by atoms with Crippen molar-refractivity contribution in [2.75, 3.05) is 24.6 Å². The number of fused-ring (bicyclic) bond motifs is 2. The molecule has 0 saturated heterocycles. The second kappa shape index (κ2) is 7.14. The van der Waals surface area contributed by atoms with Crippen molar-refractivity contribution in [1.29, 1.82) is 0 Å². The normalized spacial score (nSPS) is 14.9. The van der Waals surface area contributed by atoms with Crippen molar-refractivity contribution in [3.8, 4) is 28.4 Å². The first kappa shape index (κ1) is 18.1.